The first-order chi connectivity index (χ1) is 16.2. The van der Waals surface area contributed by atoms with Crippen LogP contribution in [0, 0.1) is 0 Å². The second kappa shape index (κ2) is 10.6. The van der Waals surface area contributed by atoms with Gasteiger partial charge in [0.15, 0.2) is 11.0 Å². The van der Waals surface area contributed by atoms with Crippen LogP contribution in [-0.2, 0) is 9.63 Å². The number of oxime groups is 1. The summed E-state index contributed by atoms with van der Waals surface area (Å²) in [5.41, 5.74) is 4.20. The summed E-state index contributed by atoms with van der Waals surface area (Å²) in [4.78, 5) is 21.5. The first-order valence-corrected chi connectivity index (χ1v) is 11.2. The first-order valence-electron chi connectivity index (χ1n) is 10.2. The molecule has 0 saturated heterocycles. The van der Waals surface area contributed by atoms with E-state index in [2.05, 4.69) is 25.7 Å². The molecule has 0 atom stereocenters. The molecule has 0 saturated carbocycles. The number of aromatic nitrogens is 4. The van der Waals surface area contributed by atoms with Gasteiger partial charge in [0.05, 0.1) is 11.5 Å². The Kier molecular flexibility index (Phi) is 7.11. The highest BCUT2D eigenvalue weighted by Gasteiger charge is 2.17. The number of rotatable bonds is 8. The number of amides is 1. The fourth-order valence-electron chi connectivity index (χ4n) is 3.17. The number of carbonyl (C=O) groups is 1. The van der Waals surface area contributed by atoms with Crippen LogP contribution in [0.1, 0.15) is 12.5 Å². The molecule has 1 amide bonds. The summed E-state index contributed by atoms with van der Waals surface area (Å²) in [6.45, 7) is 1.86. The zero-order chi connectivity index (χ0) is 23.0. The third-order valence-electron chi connectivity index (χ3n) is 4.73. The molecule has 0 fully saturated rings. The molecular formula is C24H22N6O2S. The summed E-state index contributed by atoms with van der Waals surface area (Å²) in [7, 11) is 1.51. The topological polar surface area (TPSA) is 94.3 Å². The van der Waals surface area contributed by atoms with E-state index in [0.717, 1.165) is 22.5 Å². The SMILES string of the molecule is CO/N=C(/C)c1ccc(NC(=O)CSc2nnc(-c3ccncc3)n2-c2ccccc2)cc1. The van der Waals surface area contributed by atoms with Gasteiger partial charge >= 0.3 is 0 Å². The summed E-state index contributed by atoms with van der Waals surface area (Å²) in [5, 5.41) is 16.2. The minimum Gasteiger partial charge on any atom is -0.399 e. The Morgan fingerprint density at radius 1 is 1.03 bits per heavy atom. The highest BCUT2D eigenvalue weighted by atomic mass is 32.2. The van der Waals surface area contributed by atoms with E-state index in [1.54, 1.807) is 12.4 Å². The van der Waals surface area contributed by atoms with Crippen LogP contribution < -0.4 is 5.32 Å². The lowest BCUT2D eigenvalue weighted by Crippen LogP contribution is -2.14. The normalized spacial score (nSPS) is 11.3. The Morgan fingerprint density at radius 3 is 2.45 bits per heavy atom. The maximum absolute atomic E-state index is 12.6. The molecule has 33 heavy (non-hydrogen) atoms. The van der Waals surface area contributed by atoms with Crippen molar-refractivity contribution >= 4 is 29.1 Å². The maximum atomic E-state index is 12.6. The zero-order valence-electron chi connectivity index (χ0n) is 18.2. The fraction of sp³-hybridized carbons (Fsp3) is 0.125. The summed E-state index contributed by atoms with van der Waals surface area (Å²) >= 11 is 1.33. The molecule has 0 aliphatic rings. The van der Waals surface area contributed by atoms with Crippen molar-refractivity contribution in [2.24, 2.45) is 5.16 Å². The minimum atomic E-state index is -0.136. The number of nitrogens with one attached hydrogen (secondary N) is 1. The van der Waals surface area contributed by atoms with Crippen LogP contribution in [0.5, 0.6) is 0 Å². The van der Waals surface area contributed by atoms with E-state index in [1.807, 2.05) is 78.2 Å². The molecule has 4 aromatic rings. The number of thioether (sulfide) groups is 1. The molecule has 0 unspecified atom stereocenters. The average Bonchev–Trinajstić information content (AvgIpc) is 3.28. The first kappa shape index (κ1) is 22.2. The van der Waals surface area contributed by atoms with Crippen LogP contribution in [-0.4, -0.2) is 44.2 Å². The van der Waals surface area contributed by atoms with E-state index >= 15 is 0 Å². The molecule has 166 valence electrons. The molecule has 0 radical (unpaired) electrons. The smallest absolute Gasteiger partial charge is 0.234 e. The molecule has 0 bridgehead atoms. The predicted octanol–water partition coefficient (Wildman–Crippen LogP) is 4.43. The lowest BCUT2D eigenvalue weighted by atomic mass is 10.1. The number of anilines is 1. The third kappa shape index (κ3) is 5.45. The summed E-state index contributed by atoms with van der Waals surface area (Å²) in [6, 6.07) is 21.0. The van der Waals surface area contributed by atoms with Crippen molar-refractivity contribution in [2.45, 2.75) is 12.1 Å². The van der Waals surface area contributed by atoms with Gasteiger partial charge in [0.2, 0.25) is 5.91 Å². The van der Waals surface area contributed by atoms with E-state index in [-0.39, 0.29) is 11.7 Å². The molecule has 4 rings (SSSR count). The van der Waals surface area contributed by atoms with Crippen molar-refractivity contribution in [2.75, 3.05) is 18.2 Å². The van der Waals surface area contributed by atoms with Gasteiger partial charge in [-0.1, -0.05) is 47.2 Å². The van der Waals surface area contributed by atoms with Gasteiger partial charge < -0.3 is 10.2 Å². The molecule has 0 aliphatic carbocycles. The van der Waals surface area contributed by atoms with Crippen LogP contribution >= 0.6 is 11.8 Å². The second-order valence-corrected chi connectivity index (χ2v) is 7.93. The Balaban J connectivity index is 1.49. The van der Waals surface area contributed by atoms with Gasteiger partial charge in [0.1, 0.15) is 7.11 Å². The molecule has 0 aliphatic heterocycles. The zero-order valence-corrected chi connectivity index (χ0v) is 19.0. The summed E-state index contributed by atoms with van der Waals surface area (Å²) < 4.78 is 1.94. The van der Waals surface area contributed by atoms with E-state index < -0.39 is 0 Å². The summed E-state index contributed by atoms with van der Waals surface area (Å²) in [6.07, 6.45) is 3.43. The van der Waals surface area contributed by atoms with Gasteiger partial charge in [-0.3, -0.25) is 14.3 Å². The maximum Gasteiger partial charge on any atom is 0.234 e. The molecule has 2 aromatic carbocycles. The van der Waals surface area contributed by atoms with Crippen molar-refractivity contribution in [3.05, 3.63) is 84.7 Å². The molecule has 1 N–H and O–H groups in total. The van der Waals surface area contributed by atoms with Crippen LogP contribution in [0.4, 0.5) is 5.69 Å². The van der Waals surface area contributed by atoms with E-state index in [1.165, 1.54) is 18.9 Å². The minimum absolute atomic E-state index is 0.136. The largest absolute Gasteiger partial charge is 0.399 e. The Hall–Kier alpha value is -3.98. The van der Waals surface area contributed by atoms with Crippen LogP contribution in [0.25, 0.3) is 17.1 Å². The number of nitrogens with zero attached hydrogens (tertiary/aromatic N) is 5. The van der Waals surface area contributed by atoms with Crippen LogP contribution in [0.3, 0.4) is 0 Å². The quantitative estimate of drug-likeness (QED) is 0.238. The van der Waals surface area contributed by atoms with Gasteiger partial charge in [0.25, 0.3) is 0 Å². The highest BCUT2D eigenvalue weighted by Crippen LogP contribution is 2.27. The summed E-state index contributed by atoms with van der Waals surface area (Å²) in [5.74, 6) is 0.742. The number of carbonyl (C=O) groups excluding carboxylic acids is 1. The van der Waals surface area contributed by atoms with Crippen molar-refractivity contribution in [1.82, 2.24) is 19.7 Å². The Labute approximate surface area is 195 Å². The standard InChI is InChI=1S/C24H22N6O2S/c1-17(29-32-2)18-8-10-20(11-9-18)26-22(31)16-33-24-28-27-23(19-12-14-25-15-13-19)30(24)21-6-4-3-5-7-21/h3-15H,16H2,1-2H3,(H,26,31)/b29-17-. The van der Waals surface area contributed by atoms with Crippen LogP contribution in [0.15, 0.2) is 89.4 Å². The van der Waals surface area contributed by atoms with E-state index in [9.17, 15) is 4.79 Å². The fourth-order valence-corrected chi connectivity index (χ4v) is 3.92. The Morgan fingerprint density at radius 2 is 1.76 bits per heavy atom. The monoisotopic (exact) mass is 458 g/mol. The van der Waals surface area contributed by atoms with Gasteiger partial charge in [0, 0.05) is 29.3 Å². The third-order valence-corrected chi connectivity index (χ3v) is 5.66. The molecule has 9 heteroatoms. The molecule has 2 heterocycles. The molecule has 0 spiro atoms. The molecule has 8 nitrogen and oxygen atoms in total. The number of pyridine rings is 1. The molecule has 2 aromatic heterocycles. The van der Waals surface area contributed by atoms with Crippen molar-refractivity contribution < 1.29 is 9.63 Å². The van der Waals surface area contributed by atoms with Gasteiger partial charge in [-0.25, -0.2) is 0 Å². The number of hydrogen-bond acceptors (Lipinski definition) is 7. The lowest BCUT2D eigenvalue weighted by molar-refractivity contribution is -0.113. The van der Waals surface area contributed by atoms with Crippen molar-refractivity contribution in [3.8, 4) is 17.1 Å². The van der Waals surface area contributed by atoms with Crippen LogP contribution in [0.2, 0.25) is 0 Å². The lowest BCUT2D eigenvalue weighted by Gasteiger charge is -2.10. The number of hydrogen-bond donors (Lipinski definition) is 1. The van der Waals surface area contributed by atoms with E-state index in [0.29, 0.717) is 16.7 Å². The molecular weight excluding hydrogens is 436 g/mol. The van der Waals surface area contributed by atoms with Crippen molar-refractivity contribution in [3.63, 3.8) is 0 Å². The number of para-hydroxylation sites is 1. The van der Waals surface area contributed by atoms with E-state index in [4.69, 9.17) is 4.84 Å². The van der Waals surface area contributed by atoms with Gasteiger partial charge in [-0.2, -0.15) is 0 Å². The van der Waals surface area contributed by atoms with Gasteiger partial charge in [-0.15, -0.1) is 10.2 Å². The average molecular weight is 459 g/mol. The Bertz CT molecular complexity index is 1240. The predicted molar refractivity (Wildman–Crippen MR) is 130 cm³/mol. The highest BCUT2D eigenvalue weighted by molar-refractivity contribution is 7.99. The number of benzene rings is 2. The van der Waals surface area contributed by atoms with Crippen molar-refractivity contribution in [1.29, 1.82) is 0 Å². The second-order valence-electron chi connectivity index (χ2n) is 6.99. The van der Waals surface area contributed by atoms with Gasteiger partial charge in [-0.05, 0) is 48.9 Å².